The molecule has 0 N–H and O–H groups in total. The molecule has 0 saturated carbocycles. The fourth-order valence-electron chi connectivity index (χ4n) is 1.95. The molecule has 0 aliphatic carbocycles. The van der Waals surface area contributed by atoms with Gasteiger partial charge in [0.1, 0.15) is 6.07 Å². The Labute approximate surface area is 111 Å². The van der Waals surface area contributed by atoms with Gasteiger partial charge in [0, 0.05) is 18.7 Å². The van der Waals surface area contributed by atoms with E-state index in [0.717, 1.165) is 12.1 Å². The Kier molecular flexibility index (Phi) is 3.81. The van der Waals surface area contributed by atoms with Crippen molar-refractivity contribution in [3.8, 4) is 6.07 Å². The molecule has 0 spiro atoms. The SMILES string of the molecule is C[C@@H](C#N)OC(=O)c1ccc(N2CCCC2=O)cc1. The summed E-state index contributed by atoms with van der Waals surface area (Å²) in [5.41, 5.74) is 1.16. The van der Waals surface area contributed by atoms with Gasteiger partial charge in [-0.15, -0.1) is 0 Å². The number of hydrogen-bond acceptors (Lipinski definition) is 4. The van der Waals surface area contributed by atoms with Crippen LogP contribution in [0, 0.1) is 11.3 Å². The number of nitriles is 1. The Balaban J connectivity index is 2.08. The monoisotopic (exact) mass is 258 g/mol. The summed E-state index contributed by atoms with van der Waals surface area (Å²) in [4.78, 5) is 24.9. The second-order valence-electron chi connectivity index (χ2n) is 4.37. The Morgan fingerprint density at radius 2 is 2.11 bits per heavy atom. The van der Waals surface area contributed by atoms with Crippen molar-refractivity contribution in [2.24, 2.45) is 0 Å². The fraction of sp³-hybridized carbons (Fsp3) is 0.357. The predicted octanol–water partition coefficient (Wildman–Crippen LogP) is 1.88. The van der Waals surface area contributed by atoms with Gasteiger partial charge in [0.05, 0.1) is 5.56 Å². The Morgan fingerprint density at radius 3 is 2.63 bits per heavy atom. The molecule has 0 radical (unpaired) electrons. The van der Waals surface area contributed by atoms with E-state index < -0.39 is 12.1 Å². The second kappa shape index (κ2) is 5.53. The highest BCUT2D eigenvalue weighted by Gasteiger charge is 2.21. The van der Waals surface area contributed by atoms with Gasteiger partial charge in [-0.2, -0.15) is 5.26 Å². The molecule has 1 saturated heterocycles. The largest absolute Gasteiger partial charge is 0.444 e. The topological polar surface area (TPSA) is 70.4 Å². The molecule has 5 heteroatoms. The second-order valence-corrected chi connectivity index (χ2v) is 4.37. The lowest BCUT2D eigenvalue weighted by atomic mass is 10.2. The average Bonchev–Trinajstić information content (AvgIpc) is 2.85. The maximum Gasteiger partial charge on any atom is 0.339 e. The molecule has 1 aliphatic rings. The number of nitrogens with zero attached hydrogens (tertiary/aromatic N) is 2. The first-order valence-electron chi connectivity index (χ1n) is 6.13. The first-order chi connectivity index (χ1) is 9.11. The van der Waals surface area contributed by atoms with Gasteiger partial charge in [-0.05, 0) is 37.6 Å². The highest BCUT2D eigenvalue weighted by atomic mass is 16.5. The van der Waals surface area contributed by atoms with Crippen LogP contribution >= 0.6 is 0 Å². The molecule has 1 aliphatic heterocycles. The van der Waals surface area contributed by atoms with Crippen LogP contribution in [-0.4, -0.2) is 24.5 Å². The van der Waals surface area contributed by atoms with E-state index >= 15 is 0 Å². The van der Waals surface area contributed by atoms with Crippen LogP contribution in [0.25, 0.3) is 0 Å². The van der Waals surface area contributed by atoms with E-state index in [4.69, 9.17) is 10.00 Å². The third kappa shape index (κ3) is 2.91. The molecule has 1 aromatic rings. The molecular formula is C14H14N2O3. The smallest absolute Gasteiger partial charge is 0.339 e. The van der Waals surface area contributed by atoms with Gasteiger partial charge in [-0.3, -0.25) is 4.79 Å². The fourth-order valence-corrected chi connectivity index (χ4v) is 1.95. The summed E-state index contributed by atoms with van der Waals surface area (Å²) in [7, 11) is 0. The van der Waals surface area contributed by atoms with Gasteiger partial charge in [0.15, 0.2) is 6.10 Å². The van der Waals surface area contributed by atoms with Crippen LogP contribution in [0.1, 0.15) is 30.1 Å². The van der Waals surface area contributed by atoms with Gasteiger partial charge in [-0.1, -0.05) is 0 Å². The number of amides is 1. The van der Waals surface area contributed by atoms with Gasteiger partial charge in [0.25, 0.3) is 0 Å². The number of carbonyl (C=O) groups excluding carboxylic acids is 2. The molecular weight excluding hydrogens is 244 g/mol. The van der Waals surface area contributed by atoms with Crippen molar-refractivity contribution in [2.45, 2.75) is 25.9 Å². The molecule has 0 aromatic heterocycles. The first-order valence-corrected chi connectivity index (χ1v) is 6.13. The number of carbonyl (C=O) groups is 2. The zero-order chi connectivity index (χ0) is 13.8. The van der Waals surface area contributed by atoms with Crippen LogP contribution in [0.15, 0.2) is 24.3 Å². The average molecular weight is 258 g/mol. The molecule has 1 aromatic carbocycles. The molecule has 1 heterocycles. The predicted molar refractivity (Wildman–Crippen MR) is 68.5 cm³/mol. The summed E-state index contributed by atoms with van der Waals surface area (Å²) in [5.74, 6) is -0.429. The Morgan fingerprint density at radius 1 is 1.42 bits per heavy atom. The first kappa shape index (κ1) is 13.1. The van der Waals surface area contributed by atoms with Crippen molar-refractivity contribution in [3.05, 3.63) is 29.8 Å². The zero-order valence-electron chi connectivity index (χ0n) is 10.6. The molecule has 5 nitrogen and oxygen atoms in total. The summed E-state index contributed by atoms with van der Waals surface area (Å²) >= 11 is 0. The molecule has 0 unspecified atom stereocenters. The molecule has 0 bridgehead atoms. The summed E-state index contributed by atoms with van der Waals surface area (Å²) in [6.45, 7) is 2.23. The van der Waals surface area contributed by atoms with Crippen LogP contribution in [0.4, 0.5) is 5.69 Å². The summed E-state index contributed by atoms with van der Waals surface area (Å²) in [6, 6.07) is 8.48. The van der Waals surface area contributed by atoms with Crippen molar-refractivity contribution in [1.29, 1.82) is 5.26 Å². The summed E-state index contributed by atoms with van der Waals surface area (Å²) < 4.78 is 4.89. The van der Waals surface area contributed by atoms with E-state index in [2.05, 4.69) is 0 Å². The minimum Gasteiger partial charge on any atom is -0.444 e. The summed E-state index contributed by atoms with van der Waals surface area (Å²) in [6.07, 6.45) is 0.665. The van der Waals surface area contributed by atoms with Crippen LogP contribution < -0.4 is 4.90 Å². The molecule has 1 atom stereocenters. The zero-order valence-corrected chi connectivity index (χ0v) is 10.6. The molecule has 2 rings (SSSR count). The standard InChI is InChI=1S/C14H14N2O3/c1-10(9-15)19-14(18)11-4-6-12(7-5-11)16-8-2-3-13(16)17/h4-7,10H,2-3,8H2,1H3/t10-/m0/s1. The molecule has 19 heavy (non-hydrogen) atoms. The maximum atomic E-state index is 11.7. The number of esters is 1. The minimum absolute atomic E-state index is 0.105. The number of rotatable bonds is 3. The van der Waals surface area contributed by atoms with Crippen molar-refractivity contribution < 1.29 is 14.3 Å². The van der Waals surface area contributed by atoms with Gasteiger partial charge in [0.2, 0.25) is 5.91 Å². The van der Waals surface area contributed by atoms with Gasteiger partial charge in [-0.25, -0.2) is 4.79 Å². The Hall–Kier alpha value is -2.35. The van der Waals surface area contributed by atoms with Crippen molar-refractivity contribution >= 4 is 17.6 Å². The highest BCUT2D eigenvalue weighted by molar-refractivity contribution is 5.96. The van der Waals surface area contributed by atoms with E-state index in [0.29, 0.717) is 18.5 Å². The lowest BCUT2D eigenvalue weighted by molar-refractivity contribution is -0.117. The van der Waals surface area contributed by atoms with Crippen LogP contribution in [0.2, 0.25) is 0 Å². The molecule has 1 amide bonds. The third-order valence-corrected chi connectivity index (χ3v) is 2.95. The number of hydrogen-bond donors (Lipinski definition) is 0. The van der Waals surface area contributed by atoms with E-state index in [1.165, 1.54) is 6.92 Å². The highest BCUT2D eigenvalue weighted by Crippen LogP contribution is 2.21. The lowest BCUT2D eigenvalue weighted by Crippen LogP contribution is -2.23. The Bertz CT molecular complexity index is 531. The van der Waals surface area contributed by atoms with E-state index in [9.17, 15) is 9.59 Å². The van der Waals surface area contributed by atoms with Crippen LogP contribution in [0.3, 0.4) is 0 Å². The van der Waals surface area contributed by atoms with E-state index in [1.54, 1.807) is 29.2 Å². The molecule has 98 valence electrons. The lowest BCUT2D eigenvalue weighted by Gasteiger charge is -2.15. The number of anilines is 1. The number of ether oxygens (including phenoxy) is 1. The van der Waals surface area contributed by atoms with Crippen molar-refractivity contribution in [3.63, 3.8) is 0 Å². The maximum absolute atomic E-state index is 11.7. The van der Waals surface area contributed by atoms with Gasteiger partial charge < -0.3 is 9.64 Å². The quantitative estimate of drug-likeness (QED) is 0.776. The van der Waals surface area contributed by atoms with E-state index in [-0.39, 0.29) is 5.91 Å². The van der Waals surface area contributed by atoms with Crippen molar-refractivity contribution in [2.75, 3.05) is 11.4 Å². The van der Waals surface area contributed by atoms with Crippen molar-refractivity contribution in [1.82, 2.24) is 0 Å². The van der Waals surface area contributed by atoms with Crippen LogP contribution in [-0.2, 0) is 9.53 Å². The molecule has 1 fully saturated rings. The van der Waals surface area contributed by atoms with Crippen LogP contribution in [0.5, 0.6) is 0 Å². The number of benzene rings is 1. The normalized spacial score (nSPS) is 16.0. The van der Waals surface area contributed by atoms with Gasteiger partial charge >= 0.3 is 5.97 Å². The summed E-state index contributed by atoms with van der Waals surface area (Å²) in [5, 5.41) is 8.58. The van der Waals surface area contributed by atoms with E-state index in [1.807, 2.05) is 6.07 Å². The minimum atomic E-state index is -0.771. The third-order valence-electron chi connectivity index (χ3n) is 2.95.